The first-order valence-electron chi connectivity index (χ1n) is 12.3. The zero-order valence-electron chi connectivity index (χ0n) is 20.4. The minimum absolute atomic E-state index is 0.0831. The van der Waals surface area contributed by atoms with Gasteiger partial charge in [-0.25, -0.2) is 8.78 Å². The van der Waals surface area contributed by atoms with Crippen molar-refractivity contribution in [2.24, 2.45) is 0 Å². The Morgan fingerprint density at radius 2 is 1.79 bits per heavy atom. The highest BCUT2D eigenvalue weighted by molar-refractivity contribution is 9.10. The zero-order valence-corrected chi connectivity index (χ0v) is 22.8. The fourth-order valence-electron chi connectivity index (χ4n) is 5.11. The first-order chi connectivity index (χ1) is 18.8. The third-order valence-corrected chi connectivity index (χ3v) is 8.71. The topological polar surface area (TPSA) is 84.3 Å². The quantitative estimate of drug-likeness (QED) is 0.303. The molecule has 2 aliphatic rings. The highest BCUT2D eigenvalue weighted by Crippen LogP contribution is 2.38. The van der Waals surface area contributed by atoms with E-state index >= 15 is 0 Å². The molecule has 1 unspecified atom stereocenters. The number of rotatable bonds is 6. The molecule has 2 aromatic carbocycles. The summed E-state index contributed by atoms with van der Waals surface area (Å²) < 4.78 is 30.3. The van der Waals surface area contributed by atoms with Crippen molar-refractivity contribution in [2.45, 2.75) is 31.8 Å². The largest absolute Gasteiger partial charge is 0.346 e. The maximum Gasteiger partial charge on any atom is 0.261 e. The van der Waals surface area contributed by atoms with Crippen LogP contribution in [0.3, 0.4) is 0 Å². The number of nitrogens with zero attached hydrogens (tertiary/aromatic N) is 3. The van der Waals surface area contributed by atoms with Gasteiger partial charge in [-0.15, -0.1) is 11.3 Å². The second kappa shape index (κ2) is 10.1. The van der Waals surface area contributed by atoms with Gasteiger partial charge < -0.3 is 5.32 Å². The molecule has 4 heterocycles. The molecule has 6 rings (SSSR count). The van der Waals surface area contributed by atoms with Crippen LogP contribution in [0.25, 0.3) is 11.3 Å². The Balaban J connectivity index is 1.29. The molecule has 0 aliphatic carbocycles. The van der Waals surface area contributed by atoms with E-state index in [4.69, 9.17) is 0 Å². The number of amides is 3. The first kappa shape index (κ1) is 25.6. The van der Waals surface area contributed by atoms with Gasteiger partial charge in [-0.05, 0) is 71.1 Å². The van der Waals surface area contributed by atoms with Crippen molar-refractivity contribution >= 4 is 45.0 Å². The summed E-state index contributed by atoms with van der Waals surface area (Å²) in [5.74, 6) is -3.28. The predicted octanol–water partition coefficient (Wildman–Crippen LogP) is 5.24. The van der Waals surface area contributed by atoms with Crippen LogP contribution in [0.1, 0.15) is 47.2 Å². The molecule has 2 aliphatic heterocycles. The van der Waals surface area contributed by atoms with Crippen molar-refractivity contribution < 1.29 is 23.2 Å². The van der Waals surface area contributed by atoms with Crippen LogP contribution in [0.5, 0.6) is 0 Å². The molecule has 4 aromatic rings. The van der Waals surface area contributed by atoms with Crippen LogP contribution in [0.4, 0.5) is 8.78 Å². The molecule has 11 heteroatoms. The molecule has 3 amide bonds. The maximum atomic E-state index is 14.0. The van der Waals surface area contributed by atoms with E-state index < -0.39 is 29.5 Å². The van der Waals surface area contributed by atoms with Gasteiger partial charge in [0, 0.05) is 23.5 Å². The van der Waals surface area contributed by atoms with Crippen molar-refractivity contribution in [3.63, 3.8) is 0 Å². The fraction of sp³-hybridized carbons (Fsp3) is 0.214. The number of thiophene rings is 1. The first-order valence-corrected chi connectivity index (χ1v) is 14.0. The lowest BCUT2D eigenvalue weighted by molar-refractivity contribution is 0.0629. The molecule has 0 spiro atoms. The Kier molecular flexibility index (Phi) is 6.64. The number of nitrogens with one attached hydrogen (secondary N) is 1. The summed E-state index contributed by atoms with van der Waals surface area (Å²) in [5, 5.41) is 7.36. The number of carbonyl (C=O) groups is 3. The van der Waals surface area contributed by atoms with E-state index in [1.165, 1.54) is 17.4 Å². The normalized spacial score (nSPS) is 15.0. The highest BCUT2D eigenvalue weighted by Gasteiger charge is 2.37. The van der Waals surface area contributed by atoms with Crippen molar-refractivity contribution in [1.29, 1.82) is 0 Å². The van der Waals surface area contributed by atoms with E-state index in [9.17, 15) is 23.2 Å². The van der Waals surface area contributed by atoms with Crippen LogP contribution in [-0.2, 0) is 19.4 Å². The fourth-order valence-corrected chi connectivity index (χ4v) is 6.73. The van der Waals surface area contributed by atoms with Gasteiger partial charge >= 0.3 is 0 Å². The summed E-state index contributed by atoms with van der Waals surface area (Å²) in [6.07, 6.45) is 3.51. The van der Waals surface area contributed by atoms with Crippen molar-refractivity contribution in [3.05, 3.63) is 97.3 Å². The summed E-state index contributed by atoms with van der Waals surface area (Å²) >= 11 is 4.95. The van der Waals surface area contributed by atoms with Crippen LogP contribution in [0, 0.1) is 11.6 Å². The summed E-state index contributed by atoms with van der Waals surface area (Å²) in [5.41, 5.74) is 2.87. The van der Waals surface area contributed by atoms with Crippen LogP contribution in [-0.4, -0.2) is 45.0 Å². The molecule has 1 N–H and O–H groups in total. The number of benzene rings is 2. The maximum absolute atomic E-state index is 14.0. The SMILES string of the molecule is O=C(NC(Cc1ccc(F)c(F)c1)CN1C(=O)c2ccccc2C1=O)c1cc2c(s1)CCCn1ncc(Br)c1-2. The van der Waals surface area contributed by atoms with Crippen LogP contribution in [0.2, 0.25) is 0 Å². The summed E-state index contributed by atoms with van der Waals surface area (Å²) in [7, 11) is 0. The van der Waals surface area contributed by atoms with Crippen LogP contribution in [0.15, 0.2) is 59.2 Å². The molecular formula is C28H21BrF2N4O3S. The van der Waals surface area contributed by atoms with Gasteiger partial charge in [0.2, 0.25) is 0 Å². The summed E-state index contributed by atoms with van der Waals surface area (Å²) in [6, 6.07) is 11.1. The zero-order chi connectivity index (χ0) is 27.3. The molecule has 0 fully saturated rings. The summed E-state index contributed by atoms with van der Waals surface area (Å²) in [4.78, 5) is 42.2. The van der Waals surface area contributed by atoms with Crippen molar-refractivity contribution in [2.75, 3.05) is 6.54 Å². The third-order valence-electron chi connectivity index (χ3n) is 6.94. The number of aryl methyl sites for hydroxylation is 2. The Bertz CT molecular complexity index is 1610. The van der Waals surface area contributed by atoms with Crippen molar-refractivity contribution in [3.8, 4) is 11.3 Å². The standard InChI is InChI=1S/C28H21BrF2N4O3S/c29-20-13-32-35-9-3-6-23-19(25(20)35)12-24(39-23)26(36)33-16(10-15-7-8-21(30)22(31)11-15)14-34-27(37)17-4-1-2-5-18(17)28(34)38/h1-2,4-5,7-8,11-13,16H,3,6,9-10,14H2,(H,33,36). The smallest absolute Gasteiger partial charge is 0.261 e. The van der Waals surface area contributed by atoms with E-state index in [1.54, 1.807) is 30.5 Å². The highest BCUT2D eigenvalue weighted by atomic mass is 79.9. The number of aromatic nitrogens is 2. The Morgan fingerprint density at radius 1 is 1.05 bits per heavy atom. The molecule has 0 bridgehead atoms. The second-order valence-electron chi connectivity index (χ2n) is 9.50. The number of fused-ring (bicyclic) bond motifs is 4. The Morgan fingerprint density at radius 3 is 2.51 bits per heavy atom. The van der Waals surface area contributed by atoms with Gasteiger partial charge in [0.05, 0.1) is 38.4 Å². The minimum atomic E-state index is -1.01. The number of hydrogen-bond donors (Lipinski definition) is 1. The average molecular weight is 611 g/mol. The Labute approximate surface area is 234 Å². The van der Waals surface area contributed by atoms with E-state index in [0.717, 1.165) is 57.0 Å². The lowest BCUT2D eigenvalue weighted by Crippen LogP contribution is -2.46. The molecule has 198 valence electrons. The lowest BCUT2D eigenvalue weighted by Gasteiger charge is -2.24. The van der Waals surface area contributed by atoms with Gasteiger partial charge in [0.25, 0.3) is 17.7 Å². The predicted molar refractivity (Wildman–Crippen MR) is 145 cm³/mol. The average Bonchev–Trinajstić information content (AvgIpc) is 3.53. The van der Waals surface area contributed by atoms with E-state index in [2.05, 4.69) is 26.3 Å². The van der Waals surface area contributed by atoms with Crippen LogP contribution < -0.4 is 5.32 Å². The van der Waals surface area contributed by atoms with Gasteiger partial charge in [0.15, 0.2) is 11.6 Å². The van der Waals surface area contributed by atoms with E-state index in [-0.39, 0.29) is 18.9 Å². The molecular weight excluding hydrogens is 590 g/mol. The van der Waals surface area contributed by atoms with Gasteiger partial charge in [0.1, 0.15) is 0 Å². The number of imide groups is 1. The molecule has 2 aromatic heterocycles. The molecule has 0 radical (unpaired) electrons. The third kappa shape index (κ3) is 4.70. The molecule has 1 atom stereocenters. The van der Waals surface area contributed by atoms with Crippen LogP contribution >= 0.6 is 27.3 Å². The van der Waals surface area contributed by atoms with Crippen molar-refractivity contribution in [1.82, 2.24) is 20.0 Å². The summed E-state index contributed by atoms with van der Waals surface area (Å²) in [6.45, 7) is 0.654. The van der Waals surface area contributed by atoms with Gasteiger partial charge in [-0.1, -0.05) is 18.2 Å². The van der Waals surface area contributed by atoms with Gasteiger partial charge in [-0.3, -0.25) is 24.0 Å². The second-order valence-corrected chi connectivity index (χ2v) is 11.5. The monoisotopic (exact) mass is 610 g/mol. The van der Waals surface area contributed by atoms with E-state index in [1.807, 2.05) is 10.7 Å². The Hall–Kier alpha value is -3.70. The molecule has 39 heavy (non-hydrogen) atoms. The van der Waals surface area contributed by atoms with Gasteiger partial charge in [-0.2, -0.15) is 5.10 Å². The molecule has 0 saturated heterocycles. The minimum Gasteiger partial charge on any atom is -0.346 e. The number of hydrogen-bond acceptors (Lipinski definition) is 5. The number of carbonyl (C=O) groups excluding carboxylic acids is 3. The number of halogens is 3. The molecule has 0 saturated carbocycles. The van der Waals surface area contributed by atoms with E-state index in [0.29, 0.717) is 21.6 Å². The molecule has 7 nitrogen and oxygen atoms in total. The lowest BCUT2D eigenvalue weighted by atomic mass is 10.0.